The lowest BCUT2D eigenvalue weighted by Crippen LogP contribution is -2.32. The van der Waals surface area contributed by atoms with E-state index in [1.807, 2.05) is 24.0 Å². The standard InChI is InChI=1S/C22H25N5O2/c1-14-6-8-24-11-17(14)22(29)27-12-18-16(19(18)13-27)7-9-25-21(28)5-3-15-2-4-20(23)26-10-15/h2-6,8,10-11,16,18-19H,7,9,12-13H2,1H3,(H2,23,26)(H,25,28)/b5-3+. The van der Waals surface area contributed by atoms with Crippen LogP contribution in [-0.2, 0) is 4.79 Å². The summed E-state index contributed by atoms with van der Waals surface area (Å²) in [5, 5.41) is 2.93. The highest BCUT2D eigenvalue weighted by molar-refractivity contribution is 5.95. The summed E-state index contributed by atoms with van der Waals surface area (Å²) in [5.74, 6) is 2.14. The van der Waals surface area contributed by atoms with E-state index in [1.54, 1.807) is 30.7 Å². The molecule has 2 fully saturated rings. The van der Waals surface area contributed by atoms with Crippen molar-refractivity contribution >= 4 is 23.7 Å². The Labute approximate surface area is 170 Å². The van der Waals surface area contributed by atoms with Gasteiger partial charge in [-0.25, -0.2) is 4.98 Å². The number of anilines is 1. The number of nitrogen functional groups attached to an aromatic ring is 1. The van der Waals surface area contributed by atoms with Crippen LogP contribution >= 0.6 is 0 Å². The zero-order chi connectivity index (χ0) is 20.4. The molecule has 1 aliphatic carbocycles. The van der Waals surface area contributed by atoms with Crippen LogP contribution in [0.3, 0.4) is 0 Å². The molecule has 0 bridgehead atoms. The van der Waals surface area contributed by atoms with Gasteiger partial charge in [-0.3, -0.25) is 14.6 Å². The maximum Gasteiger partial charge on any atom is 0.255 e. The first kappa shape index (κ1) is 19.1. The third-order valence-electron chi connectivity index (χ3n) is 5.94. The molecule has 1 saturated carbocycles. The number of nitrogens with one attached hydrogen (secondary N) is 1. The smallest absolute Gasteiger partial charge is 0.255 e. The summed E-state index contributed by atoms with van der Waals surface area (Å²) in [6.45, 7) is 4.20. The fraction of sp³-hybridized carbons (Fsp3) is 0.364. The van der Waals surface area contributed by atoms with E-state index in [1.165, 1.54) is 6.08 Å². The number of hydrogen-bond acceptors (Lipinski definition) is 5. The first-order valence-electron chi connectivity index (χ1n) is 9.90. The van der Waals surface area contributed by atoms with Gasteiger partial charge < -0.3 is 16.0 Å². The first-order chi connectivity index (χ1) is 14.0. The van der Waals surface area contributed by atoms with Crippen molar-refractivity contribution in [2.75, 3.05) is 25.4 Å². The third-order valence-corrected chi connectivity index (χ3v) is 5.94. The topological polar surface area (TPSA) is 101 Å². The van der Waals surface area contributed by atoms with E-state index < -0.39 is 0 Å². The number of pyridine rings is 2. The van der Waals surface area contributed by atoms with Crippen molar-refractivity contribution in [2.45, 2.75) is 13.3 Å². The minimum atomic E-state index is -0.114. The van der Waals surface area contributed by atoms with Crippen LogP contribution in [0.4, 0.5) is 5.82 Å². The van der Waals surface area contributed by atoms with Crippen LogP contribution < -0.4 is 11.1 Å². The number of aromatic nitrogens is 2. The summed E-state index contributed by atoms with van der Waals surface area (Å²) in [6, 6.07) is 5.39. The average molecular weight is 391 g/mol. The van der Waals surface area contributed by atoms with Crippen molar-refractivity contribution in [2.24, 2.45) is 17.8 Å². The van der Waals surface area contributed by atoms with Gasteiger partial charge in [-0.15, -0.1) is 0 Å². The van der Waals surface area contributed by atoms with Crippen LogP contribution in [0, 0.1) is 24.7 Å². The van der Waals surface area contributed by atoms with Crippen molar-refractivity contribution in [1.29, 1.82) is 0 Å². The number of carbonyl (C=O) groups excluding carboxylic acids is 2. The van der Waals surface area contributed by atoms with E-state index in [0.29, 0.717) is 35.7 Å². The highest BCUT2D eigenvalue weighted by Crippen LogP contribution is 2.53. The van der Waals surface area contributed by atoms with E-state index >= 15 is 0 Å². The predicted octanol–water partition coefficient (Wildman–Crippen LogP) is 1.90. The fourth-order valence-corrected chi connectivity index (χ4v) is 4.21. The van der Waals surface area contributed by atoms with Crippen LogP contribution in [0.15, 0.2) is 42.9 Å². The number of hydrogen-bond donors (Lipinski definition) is 2. The second-order valence-corrected chi connectivity index (χ2v) is 7.82. The highest BCUT2D eigenvalue weighted by atomic mass is 16.2. The van der Waals surface area contributed by atoms with Gasteiger partial charge in [-0.2, -0.15) is 0 Å². The third kappa shape index (κ3) is 4.29. The number of likely N-dealkylation sites (tertiary alicyclic amines) is 1. The molecule has 2 aromatic heterocycles. The molecule has 0 radical (unpaired) electrons. The molecule has 7 nitrogen and oxygen atoms in total. The minimum Gasteiger partial charge on any atom is -0.384 e. The van der Waals surface area contributed by atoms with E-state index in [0.717, 1.165) is 30.6 Å². The molecule has 3 heterocycles. The van der Waals surface area contributed by atoms with Crippen LogP contribution in [0.25, 0.3) is 6.08 Å². The molecule has 2 aromatic rings. The SMILES string of the molecule is Cc1ccncc1C(=O)N1CC2C(CCNC(=O)/C=C/c3ccc(N)nc3)C2C1. The molecule has 0 spiro atoms. The fourth-order valence-electron chi connectivity index (χ4n) is 4.21. The Morgan fingerprint density at radius 3 is 2.72 bits per heavy atom. The van der Waals surface area contributed by atoms with E-state index in [9.17, 15) is 9.59 Å². The molecular weight excluding hydrogens is 366 g/mol. The Kier molecular flexibility index (Phi) is 5.29. The summed E-state index contributed by atoms with van der Waals surface area (Å²) < 4.78 is 0. The summed E-state index contributed by atoms with van der Waals surface area (Å²) in [4.78, 5) is 34.6. The van der Waals surface area contributed by atoms with Crippen molar-refractivity contribution in [3.05, 3.63) is 59.6 Å². The van der Waals surface area contributed by atoms with Gasteiger partial charge in [-0.05, 0) is 66.5 Å². The van der Waals surface area contributed by atoms with Crippen LogP contribution in [0.5, 0.6) is 0 Å². The van der Waals surface area contributed by atoms with Crippen molar-refractivity contribution < 1.29 is 9.59 Å². The summed E-state index contributed by atoms with van der Waals surface area (Å²) in [7, 11) is 0. The molecule has 150 valence electrons. The summed E-state index contributed by atoms with van der Waals surface area (Å²) in [6.07, 6.45) is 9.17. The lowest BCUT2D eigenvalue weighted by Gasteiger charge is -2.20. The number of rotatable bonds is 6. The molecule has 4 rings (SSSR count). The van der Waals surface area contributed by atoms with Crippen molar-refractivity contribution in [3.63, 3.8) is 0 Å². The molecule has 29 heavy (non-hydrogen) atoms. The molecule has 0 aromatic carbocycles. The largest absolute Gasteiger partial charge is 0.384 e. The molecule has 2 unspecified atom stereocenters. The molecule has 2 aliphatic rings. The normalized spacial score (nSPS) is 22.5. The summed E-state index contributed by atoms with van der Waals surface area (Å²) in [5.41, 5.74) is 8.04. The second-order valence-electron chi connectivity index (χ2n) is 7.82. The number of aryl methyl sites for hydroxylation is 1. The van der Waals surface area contributed by atoms with Gasteiger partial charge in [0.25, 0.3) is 5.91 Å². The van der Waals surface area contributed by atoms with Crippen molar-refractivity contribution in [3.8, 4) is 0 Å². The summed E-state index contributed by atoms with van der Waals surface area (Å²) >= 11 is 0. The highest BCUT2D eigenvalue weighted by Gasteiger charge is 2.55. The maximum absolute atomic E-state index is 12.7. The molecule has 2 atom stereocenters. The lowest BCUT2D eigenvalue weighted by molar-refractivity contribution is -0.116. The van der Waals surface area contributed by atoms with E-state index in [-0.39, 0.29) is 11.8 Å². The van der Waals surface area contributed by atoms with Crippen LogP contribution in [-0.4, -0.2) is 46.3 Å². The Balaban J connectivity index is 1.18. The van der Waals surface area contributed by atoms with E-state index in [4.69, 9.17) is 5.73 Å². The predicted molar refractivity (Wildman–Crippen MR) is 111 cm³/mol. The first-order valence-corrected chi connectivity index (χ1v) is 9.90. The number of nitrogens with two attached hydrogens (primary N) is 1. The van der Waals surface area contributed by atoms with Gasteiger partial charge in [-0.1, -0.05) is 0 Å². The Bertz CT molecular complexity index is 928. The lowest BCUT2D eigenvalue weighted by atomic mass is 10.1. The van der Waals surface area contributed by atoms with Crippen LogP contribution in [0.1, 0.15) is 27.9 Å². The monoisotopic (exact) mass is 391 g/mol. The van der Waals surface area contributed by atoms with Gasteiger partial charge in [0.05, 0.1) is 5.56 Å². The van der Waals surface area contributed by atoms with E-state index in [2.05, 4.69) is 15.3 Å². The minimum absolute atomic E-state index is 0.0807. The van der Waals surface area contributed by atoms with Crippen molar-refractivity contribution in [1.82, 2.24) is 20.2 Å². The second kappa shape index (κ2) is 8.03. The Morgan fingerprint density at radius 1 is 1.24 bits per heavy atom. The number of fused-ring (bicyclic) bond motifs is 1. The quantitative estimate of drug-likeness (QED) is 0.733. The average Bonchev–Trinajstić information content (AvgIpc) is 3.16. The maximum atomic E-state index is 12.7. The Hall–Kier alpha value is -3.22. The number of piperidine rings is 1. The number of nitrogens with zero attached hydrogens (tertiary/aromatic N) is 3. The molecular formula is C22H25N5O2. The molecule has 2 amide bonds. The molecule has 3 N–H and O–H groups in total. The van der Waals surface area contributed by atoms with Gasteiger partial charge >= 0.3 is 0 Å². The van der Waals surface area contributed by atoms with Gasteiger partial charge in [0, 0.05) is 44.3 Å². The van der Waals surface area contributed by atoms with Gasteiger partial charge in [0.2, 0.25) is 5.91 Å². The Morgan fingerprint density at radius 2 is 2.03 bits per heavy atom. The molecule has 1 saturated heterocycles. The zero-order valence-electron chi connectivity index (χ0n) is 16.4. The zero-order valence-corrected chi connectivity index (χ0v) is 16.4. The van der Waals surface area contributed by atoms with Gasteiger partial charge in [0.1, 0.15) is 5.82 Å². The molecule has 7 heteroatoms. The molecule has 1 aliphatic heterocycles. The van der Waals surface area contributed by atoms with Gasteiger partial charge in [0.15, 0.2) is 0 Å². The number of amides is 2. The van der Waals surface area contributed by atoms with Crippen LogP contribution in [0.2, 0.25) is 0 Å². The number of carbonyl (C=O) groups is 2.